The van der Waals surface area contributed by atoms with Crippen molar-refractivity contribution in [2.45, 2.75) is 19.8 Å². The highest BCUT2D eigenvalue weighted by molar-refractivity contribution is 9.10. The third-order valence-electron chi connectivity index (χ3n) is 2.62. The van der Waals surface area contributed by atoms with Crippen molar-refractivity contribution >= 4 is 33.4 Å². The molecule has 0 aliphatic carbocycles. The summed E-state index contributed by atoms with van der Waals surface area (Å²) in [7, 11) is 0. The third kappa shape index (κ3) is 5.50. The maximum atomic E-state index is 11.9. The molecule has 0 aromatic heterocycles. The number of hydrogen-bond donors (Lipinski definition) is 2. The Morgan fingerprint density at radius 1 is 1.29 bits per heavy atom. The lowest BCUT2D eigenvalue weighted by atomic mass is 10.2. The average Bonchev–Trinajstić information content (AvgIpc) is 2.45. The normalized spacial score (nSPS) is 10.0. The van der Waals surface area contributed by atoms with Gasteiger partial charge in [0, 0.05) is 36.1 Å². The van der Waals surface area contributed by atoms with E-state index in [-0.39, 0.29) is 30.1 Å². The zero-order valence-corrected chi connectivity index (χ0v) is 13.1. The van der Waals surface area contributed by atoms with Gasteiger partial charge in [-0.15, -0.1) is 0 Å². The standard InChI is InChI=1S/C13H16BrN3O4/c1-2-6-15-12(18)5-7-16-13(19)10-8-9(17(20)21)3-4-11(10)14/h3-4,8H,2,5-7H2,1H3,(H,15,18)(H,16,19). The van der Waals surface area contributed by atoms with Gasteiger partial charge in [0.2, 0.25) is 5.91 Å². The lowest BCUT2D eigenvalue weighted by molar-refractivity contribution is -0.384. The van der Waals surface area contributed by atoms with Crippen LogP contribution in [0.15, 0.2) is 22.7 Å². The van der Waals surface area contributed by atoms with Crippen LogP contribution in [0.2, 0.25) is 0 Å². The third-order valence-corrected chi connectivity index (χ3v) is 3.31. The molecular weight excluding hydrogens is 342 g/mol. The van der Waals surface area contributed by atoms with E-state index in [1.54, 1.807) is 0 Å². The molecule has 7 nitrogen and oxygen atoms in total. The van der Waals surface area contributed by atoms with Crippen LogP contribution in [0.3, 0.4) is 0 Å². The predicted molar refractivity (Wildman–Crippen MR) is 81.0 cm³/mol. The summed E-state index contributed by atoms with van der Waals surface area (Å²) in [6.45, 7) is 2.72. The van der Waals surface area contributed by atoms with E-state index in [9.17, 15) is 19.7 Å². The van der Waals surface area contributed by atoms with Crippen LogP contribution in [0.25, 0.3) is 0 Å². The Labute approximate surface area is 130 Å². The smallest absolute Gasteiger partial charge is 0.270 e. The highest BCUT2D eigenvalue weighted by Gasteiger charge is 2.15. The Hall–Kier alpha value is -1.96. The zero-order valence-electron chi connectivity index (χ0n) is 11.5. The van der Waals surface area contributed by atoms with Gasteiger partial charge in [-0.1, -0.05) is 6.92 Å². The van der Waals surface area contributed by atoms with Gasteiger partial charge in [-0.2, -0.15) is 0 Å². The monoisotopic (exact) mass is 357 g/mol. The highest BCUT2D eigenvalue weighted by Crippen LogP contribution is 2.22. The number of halogens is 1. The minimum atomic E-state index is -0.568. The summed E-state index contributed by atoms with van der Waals surface area (Å²) in [5, 5.41) is 15.9. The fourth-order valence-corrected chi connectivity index (χ4v) is 1.97. The number of carbonyl (C=O) groups excluding carboxylic acids is 2. The Morgan fingerprint density at radius 3 is 2.62 bits per heavy atom. The van der Waals surface area contributed by atoms with Gasteiger partial charge < -0.3 is 10.6 Å². The highest BCUT2D eigenvalue weighted by atomic mass is 79.9. The number of nitrogens with one attached hydrogen (secondary N) is 2. The first-order valence-electron chi connectivity index (χ1n) is 6.44. The number of carbonyl (C=O) groups is 2. The van der Waals surface area contributed by atoms with Gasteiger partial charge in [-0.25, -0.2) is 0 Å². The van der Waals surface area contributed by atoms with E-state index >= 15 is 0 Å². The first-order chi connectivity index (χ1) is 9.95. The summed E-state index contributed by atoms with van der Waals surface area (Å²) in [6.07, 6.45) is 1.01. The molecule has 0 atom stereocenters. The Bertz CT molecular complexity index is 548. The van der Waals surface area contributed by atoms with Crippen molar-refractivity contribution in [3.63, 3.8) is 0 Å². The lowest BCUT2D eigenvalue weighted by Crippen LogP contribution is -2.31. The number of nitro benzene ring substituents is 1. The molecule has 0 saturated carbocycles. The molecule has 1 rings (SSSR count). The van der Waals surface area contributed by atoms with Gasteiger partial charge in [0.05, 0.1) is 10.5 Å². The summed E-state index contributed by atoms with van der Waals surface area (Å²) in [5.74, 6) is -0.607. The number of non-ortho nitro benzene ring substituents is 1. The second kappa shape index (κ2) is 8.35. The van der Waals surface area contributed by atoms with Crippen LogP contribution in [0.4, 0.5) is 5.69 Å². The number of nitro groups is 1. The van der Waals surface area contributed by atoms with E-state index < -0.39 is 10.8 Å². The molecule has 21 heavy (non-hydrogen) atoms. The molecule has 1 aromatic rings. The fraction of sp³-hybridized carbons (Fsp3) is 0.385. The van der Waals surface area contributed by atoms with E-state index in [1.165, 1.54) is 18.2 Å². The van der Waals surface area contributed by atoms with Crippen molar-refractivity contribution < 1.29 is 14.5 Å². The first kappa shape index (κ1) is 17.1. The quantitative estimate of drug-likeness (QED) is 0.575. The summed E-state index contributed by atoms with van der Waals surface area (Å²) in [4.78, 5) is 33.4. The van der Waals surface area contributed by atoms with Gasteiger partial charge >= 0.3 is 0 Å². The number of amides is 2. The molecular formula is C13H16BrN3O4. The van der Waals surface area contributed by atoms with Crippen molar-refractivity contribution in [2.24, 2.45) is 0 Å². The van der Waals surface area contributed by atoms with Crippen LogP contribution < -0.4 is 10.6 Å². The lowest BCUT2D eigenvalue weighted by Gasteiger charge is -2.07. The topological polar surface area (TPSA) is 101 Å². The molecule has 0 heterocycles. The molecule has 0 unspecified atom stereocenters. The van der Waals surface area contributed by atoms with E-state index in [0.29, 0.717) is 11.0 Å². The van der Waals surface area contributed by atoms with Gasteiger partial charge in [-0.05, 0) is 28.4 Å². The first-order valence-corrected chi connectivity index (χ1v) is 7.23. The fourth-order valence-electron chi connectivity index (χ4n) is 1.54. The summed E-state index contributed by atoms with van der Waals surface area (Å²) < 4.78 is 0.459. The molecule has 8 heteroatoms. The Balaban J connectivity index is 2.58. The van der Waals surface area contributed by atoms with E-state index in [0.717, 1.165) is 6.42 Å². The molecule has 0 radical (unpaired) electrons. The molecule has 2 N–H and O–H groups in total. The predicted octanol–water partition coefficient (Wildman–Crippen LogP) is 2.00. The van der Waals surface area contributed by atoms with Crippen molar-refractivity contribution in [1.29, 1.82) is 0 Å². The van der Waals surface area contributed by atoms with Crippen LogP contribution in [0.5, 0.6) is 0 Å². The second-order valence-electron chi connectivity index (χ2n) is 4.28. The minimum Gasteiger partial charge on any atom is -0.356 e. The molecule has 0 saturated heterocycles. The van der Waals surface area contributed by atoms with Crippen molar-refractivity contribution in [3.8, 4) is 0 Å². The molecule has 0 spiro atoms. The molecule has 0 aliphatic heterocycles. The summed E-state index contributed by atoms with van der Waals surface area (Å²) in [5.41, 5.74) is 0.00204. The number of rotatable bonds is 7. The largest absolute Gasteiger partial charge is 0.356 e. The van der Waals surface area contributed by atoms with E-state index in [4.69, 9.17) is 0 Å². The summed E-state index contributed by atoms with van der Waals surface area (Å²) in [6, 6.07) is 3.94. The Morgan fingerprint density at radius 2 is 2.00 bits per heavy atom. The van der Waals surface area contributed by atoms with Crippen LogP contribution in [-0.2, 0) is 4.79 Å². The van der Waals surface area contributed by atoms with Crippen molar-refractivity contribution in [1.82, 2.24) is 10.6 Å². The van der Waals surface area contributed by atoms with E-state index in [1.807, 2.05) is 6.92 Å². The maximum absolute atomic E-state index is 11.9. The molecule has 114 valence electrons. The zero-order chi connectivity index (χ0) is 15.8. The van der Waals surface area contributed by atoms with Crippen LogP contribution >= 0.6 is 15.9 Å². The van der Waals surface area contributed by atoms with Crippen LogP contribution in [-0.4, -0.2) is 29.8 Å². The van der Waals surface area contributed by atoms with Gasteiger partial charge in [0.25, 0.3) is 11.6 Å². The molecule has 2 amide bonds. The maximum Gasteiger partial charge on any atom is 0.270 e. The second-order valence-corrected chi connectivity index (χ2v) is 5.13. The number of benzene rings is 1. The number of hydrogen-bond acceptors (Lipinski definition) is 4. The SMILES string of the molecule is CCCNC(=O)CCNC(=O)c1cc([N+](=O)[O-])ccc1Br. The molecule has 0 aliphatic rings. The summed E-state index contributed by atoms with van der Waals surface area (Å²) >= 11 is 3.17. The van der Waals surface area contributed by atoms with Gasteiger partial charge in [-0.3, -0.25) is 19.7 Å². The Kier molecular flexibility index (Phi) is 6.80. The number of nitrogens with zero attached hydrogens (tertiary/aromatic N) is 1. The minimum absolute atomic E-state index is 0.143. The van der Waals surface area contributed by atoms with Crippen LogP contribution in [0, 0.1) is 10.1 Å². The molecule has 0 bridgehead atoms. The van der Waals surface area contributed by atoms with E-state index in [2.05, 4.69) is 26.6 Å². The molecule has 0 fully saturated rings. The van der Waals surface area contributed by atoms with Gasteiger partial charge in [0.15, 0.2) is 0 Å². The van der Waals surface area contributed by atoms with Crippen molar-refractivity contribution in [3.05, 3.63) is 38.3 Å². The average molecular weight is 358 g/mol. The van der Waals surface area contributed by atoms with Gasteiger partial charge in [0.1, 0.15) is 0 Å². The molecule has 1 aromatic carbocycles. The van der Waals surface area contributed by atoms with Crippen LogP contribution in [0.1, 0.15) is 30.1 Å². The van der Waals surface area contributed by atoms with Crippen molar-refractivity contribution in [2.75, 3.05) is 13.1 Å².